The standard InChI is InChI=1S/C22H30N4O/c1-21-8-7-17-15(16(21)5-6-19(21)27)4-3-14-9-18-13(10-22(14,17)2)11-26-20(25-18)23-12-24-26/h11-12,14-17,19,27H,3-10H2,1-2H3/t14-,15+,16-,17+,19-,21-,22-/m0/s1. The summed E-state index contributed by atoms with van der Waals surface area (Å²) in [5, 5.41) is 15.0. The molecule has 0 aromatic carbocycles. The smallest absolute Gasteiger partial charge is 0.252 e. The van der Waals surface area contributed by atoms with Crippen LogP contribution in [-0.2, 0) is 12.8 Å². The number of hydrogen-bond acceptors (Lipinski definition) is 4. The molecule has 0 bridgehead atoms. The largest absolute Gasteiger partial charge is 0.393 e. The van der Waals surface area contributed by atoms with Gasteiger partial charge in [-0.1, -0.05) is 13.8 Å². The van der Waals surface area contributed by atoms with Gasteiger partial charge in [-0.05, 0) is 91.4 Å². The average Bonchev–Trinajstić information content (AvgIpc) is 3.21. The van der Waals surface area contributed by atoms with Crippen molar-refractivity contribution >= 4 is 5.78 Å². The Kier molecular flexibility index (Phi) is 3.24. The highest BCUT2D eigenvalue weighted by Crippen LogP contribution is 2.65. The first kappa shape index (κ1) is 16.5. The van der Waals surface area contributed by atoms with Crippen molar-refractivity contribution < 1.29 is 5.11 Å². The Morgan fingerprint density at radius 2 is 1.93 bits per heavy atom. The van der Waals surface area contributed by atoms with Crippen LogP contribution in [0.2, 0.25) is 0 Å². The van der Waals surface area contributed by atoms with E-state index in [2.05, 4.69) is 30.1 Å². The Balaban J connectivity index is 1.38. The third-order valence-electron chi connectivity index (χ3n) is 9.46. The van der Waals surface area contributed by atoms with Crippen LogP contribution in [-0.4, -0.2) is 30.8 Å². The summed E-state index contributed by atoms with van der Waals surface area (Å²) in [6, 6.07) is 0. The molecule has 1 N–H and O–H groups in total. The molecule has 27 heavy (non-hydrogen) atoms. The minimum absolute atomic E-state index is 0.0779. The molecule has 2 aromatic heterocycles. The van der Waals surface area contributed by atoms with E-state index in [1.165, 1.54) is 43.4 Å². The number of aliphatic hydroxyl groups is 1. The highest BCUT2D eigenvalue weighted by molar-refractivity contribution is 5.34. The Morgan fingerprint density at radius 1 is 1.07 bits per heavy atom. The molecule has 2 aromatic rings. The highest BCUT2D eigenvalue weighted by Gasteiger charge is 2.60. The second-order valence-corrected chi connectivity index (χ2v) is 10.4. The zero-order valence-electron chi connectivity index (χ0n) is 16.4. The van der Waals surface area contributed by atoms with Gasteiger partial charge in [-0.25, -0.2) is 9.50 Å². The maximum atomic E-state index is 10.7. The lowest BCUT2D eigenvalue weighted by molar-refractivity contribution is -0.111. The fourth-order valence-electron chi connectivity index (χ4n) is 7.92. The van der Waals surface area contributed by atoms with Gasteiger partial charge in [0.15, 0.2) is 0 Å². The minimum atomic E-state index is -0.0779. The van der Waals surface area contributed by atoms with E-state index in [4.69, 9.17) is 4.98 Å². The van der Waals surface area contributed by atoms with Gasteiger partial charge in [-0.2, -0.15) is 10.1 Å². The Labute approximate surface area is 160 Å². The molecule has 0 saturated heterocycles. The molecule has 144 valence electrons. The van der Waals surface area contributed by atoms with Gasteiger partial charge in [-0.15, -0.1) is 0 Å². The fraction of sp³-hybridized carbons (Fsp3) is 0.773. The van der Waals surface area contributed by atoms with Crippen molar-refractivity contribution in [2.75, 3.05) is 0 Å². The van der Waals surface area contributed by atoms with E-state index < -0.39 is 0 Å². The summed E-state index contributed by atoms with van der Waals surface area (Å²) in [7, 11) is 0. The van der Waals surface area contributed by atoms with E-state index in [0.717, 1.165) is 48.7 Å². The van der Waals surface area contributed by atoms with Crippen LogP contribution < -0.4 is 0 Å². The predicted octanol–water partition coefficient (Wildman–Crippen LogP) is 3.44. The number of hydrogen-bond donors (Lipinski definition) is 1. The maximum absolute atomic E-state index is 10.7. The first-order valence-corrected chi connectivity index (χ1v) is 10.9. The van der Waals surface area contributed by atoms with Crippen molar-refractivity contribution in [3.05, 3.63) is 23.8 Å². The van der Waals surface area contributed by atoms with Crippen LogP contribution in [0.3, 0.4) is 0 Å². The molecule has 4 aliphatic rings. The van der Waals surface area contributed by atoms with Gasteiger partial charge in [0.2, 0.25) is 0 Å². The summed E-state index contributed by atoms with van der Waals surface area (Å²) < 4.78 is 1.84. The lowest BCUT2D eigenvalue weighted by Crippen LogP contribution is -2.54. The molecule has 3 fully saturated rings. The van der Waals surface area contributed by atoms with Crippen molar-refractivity contribution in [1.29, 1.82) is 0 Å². The van der Waals surface area contributed by atoms with E-state index in [1.54, 1.807) is 6.33 Å². The molecule has 0 spiro atoms. The third kappa shape index (κ3) is 2.07. The monoisotopic (exact) mass is 366 g/mol. The lowest BCUT2D eigenvalue weighted by atomic mass is 9.45. The van der Waals surface area contributed by atoms with Crippen LogP contribution in [0.15, 0.2) is 12.5 Å². The molecule has 0 aliphatic heterocycles. The average molecular weight is 367 g/mol. The molecule has 7 atom stereocenters. The highest BCUT2D eigenvalue weighted by atomic mass is 16.3. The Bertz CT molecular complexity index is 909. The summed E-state index contributed by atoms with van der Waals surface area (Å²) in [4.78, 5) is 9.11. The van der Waals surface area contributed by atoms with E-state index >= 15 is 0 Å². The zero-order valence-corrected chi connectivity index (χ0v) is 16.4. The van der Waals surface area contributed by atoms with Gasteiger partial charge in [0.05, 0.1) is 6.10 Å². The summed E-state index contributed by atoms with van der Waals surface area (Å²) in [5.74, 6) is 3.78. The molecule has 5 nitrogen and oxygen atoms in total. The SMILES string of the molecule is C[C@]12Cc3cn4ncnc4nc3C[C@@H]1CC[C@H]1[C@H]2CC[C@]2(C)[C@@H](O)CC[C@@H]12. The van der Waals surface area contributed by atoms with E-state index in [1.807, 2.05) is 4.52 Å². The first-order chi connectivity index (χ1) is 13.0. The van der Waals surface area contributed by atoms with Gasteiger partial charge in [0.25, 0.3) is 5.78 Å². The van der Waals surface area contributed by atoms with E-state index in [9.17, 15) is 5.11 Å². The van der Waals surface area contributed by atoms with Gasteiger partial charge < -0.3 is 5.11 Å². The molecular formula is C22H30N4O. The van der Waals surface area contributed by atoms with Crippen LogP contribution in [0, 0.1) is 34.5 Å². The maximum Gasteiger partial charge on any atom is 0.252 e. The number of nitrogens with zero attached hydrogens (tertiary/aromatic N) is 4. The predicted molar refractivity (Wildman–Crippen MR) is 102 cm³/mol. The van der Waals surface area contributed by atoms with Crippen LogP contribution in [0.25, 0.3) is 5.78 Å². The summed E-state index contributed by atoms with van der Waals surface area (Å²) in [6.07, 6.45) is 13.3. The summed E-state index contributed by atoms with van der Waals surface area (Å²) in [6.45, 7) is 4.94. The molecule has 2 heterocycles. The number of aliphatic hydroxyl groups excluding tert-OH is 1. The molecule has 0 amide bonds. The van der Waals surface area contributed by atoms with Crippen LogP contribution in [0.5, 0.6) is 0 Å². The lowest BCUT2D eigenvalue weighted by Gasteiger charge is -2.60. The second-order valence-electron chi connectivity index (χ2n) is 10.4. The van der Waals surface area contributed by atoms with Gasteiger partial charge in [0, 0.05) is 11.9 Å². The number of rotatable bonds is 0. The number of fused-ring (bicyclic) bond motifs is 7. The van der Waals surface area contributed by atoms with E-state index in [-0.39, 0.29) is 11.5 Å². The topological polar surface area (TPSA) is 63.3 Å². The Hall–Kier alpha value is -1.49. The normalized spacial score (nSPS) is 45.8. The fourth-order valence-corrected chi connectivity index (χ4v) is 7.92. The molecule has 5 heteroatoms. The first-order valence-electron chi connectivity index (χ1n) is 10.9. The van der Waals surface area contributed by atoms with E-state index in [0.29, 0.717) is 5.41 Å². The molecule has 0 radical (unpaired) electrons. The zero-order chi connectivity index (χ0) is 18.4. The van der Waals surface area contributed by atoms with Crippen LogP contribution in [0.1, 0.15) is 63.6 Å². The van der Waals surface area contributed by atoms with Gasteiger partial charge >= 0.3 is 0 Å². The van der Waals surface area contributed by atoms with Crippen molar-refractivity contribution in [2.45, 2.75) is 71.3 Å². The van der Waals surface area contributed by atoms with Gasteiger partial charge in [-0.3, -0.25) is 0 Å². The van der Waals surface area contributed by atoms with Crippen molar-refractivity contribution in [2.24, 2.45) is 34.5 Å². The van der Waals surface area contributed by atoms with Crippen molar-refractivity contribution in [1.82, 2.24) is 19.6 Å². The molecular weight excluding hydrogens is 336 g/mol. The quantitative estimate of drug-likeness (QED) is 0.776. The van der Waals surface area contributed by atoms with Gasteiger partial charge in [0.1, 0.15) is 6.33 Å². The van der Waals surface area contributed by atoms with Crippen molar-refractivity contribution in [3.8, 4) is 0 Å². The van der Waals surface area contributed by atoms with Crippen LogP contribution in [0.4, 0.5) is 0 Å². The molecule has 6 rings (SSSR count). The molecule has 3 saturated carbocycles. The summed E-state index contributed by atoms with van der Waals surface area (Å²) in [5.41, 5.74) is 3.17. The minimum Gasteiger partial charge on any atom is -0.393 e. The number of aromatic nitrogens is 4. The molecule has 0 unspecified atom stereocenters. The summed E-state index contributed by atoms with van der Waals surface area (Å²) >= 11 is 0. The van der Waals surface area contributed by atoms with Crippen LogP contribution >= 0.6 is 0 Å². The third-order valence-corrected chi connectivity index (χ3v) is 9.46. The Morgan fingerprint density at radius 3 is 2.81 bits per heavy atom. The molecule has 4 aliphatic carbocycles. The van der Waals surface area contributed by atoms with Crippen molar-refractivity contribution in [3.63, 3.8) is 0 Å². The second kappa shape index (κ2) is 5.31.